The Kier molecular flexibility index (Phi) is 5.05. The highest BCUT2D eigenvalue weighted by Crippen LogP contribution is 2.29. The monoisotopic (exact) mass is 429 g/mol. The molecule has 3 aromatic rings. The number of anilines is 1. The Labute approximate surface area is 163 Å². The summed E-state index contributed by atoms with van der Waals surface area (Å²) >= 11 is 5.00. The second-order valence-electron chi connectivity index (χ2n) is 6.02. The first kappa shape index (κ1) is 17.3. The third kappa shape index (κ3) is 3.98. The summed E-state index contributed by atoms with van der Waals surface area (Å²) < 4.78 is 1.09. The lowest BCUT2D eigenvalue weighted by Gasteiger charge is -2.25. The highest BCUT2D eigenvalue weighted by atomic mass is 79.9. The largest absolute Gasteiger partial charge is 0.296 e. The molecular formula is C18H16BrN5OS. The lowest BCUT2D eigenvalue weighted by molar-refractivity contribution is 0.102. The summed E-state index contributed by atoms with van der Waals surface area (Å²) in [7, 11) is 0. The molecule has 1 aromatic carbocycles. The van der Waals surface area contributed by atoms with Crippen molar-refractivity contribution in [1.82, 2.24) is 19.9 Å². The summed E-state index contributed by atoms with van der Waals surface area (Å²) in [5, 5.41) is 3.45. The van der Waals surface area contributed by atoms with Crippen molar-refractivity contribution in [2.24, 2.45) is 0 Å². The van der Waals surface area contributed by atoms with Crippen LogP contribution in [0.4, 0.5) is 5.13 Å². The van der Waals surface area contributed by atoms with Gasteiger partial charge in [0, 0.05) is 47.8 Å². The zero-order chi connectivity index (χ0) is 17.9. The number of nitrogens with one attached hydrogen (secondary N) is 1. The van der Waals surface area contributed by atoms with Crippen molar-refractivity contribution >= 4 is 38.3 Å². The highest BCUT2D eigenvalue weighted by molar-refractivity contribution is 9.10. The normalized spacial score (nSPS) is 14.0. The van der Waals surface area contributed by atoms with Crippen molar-refractivity contribution in [2.75, 3.05) is 11.9 Å². The van der Waals surface area contributed by atoms with E-state index in [2.05, 4.69) is 65.4 Å². The van der Waals surface area contributed by atoms with Gasteiger partial charge in [-0.15, -0.1) is 11.3 Å². The summed E-state index contributed by atoms with van der Waals surface area (Å²) in [5.74, 6) is -0.282. The van der Waals surface area contributed by atoms with Crippen LogP contribution in [0, 0.1) is 0 Å². The maximum Gasteiger partial charge on any atom is 0.277 e. The molecule has 6 nitrogen and oxygen atoms in total. The number of hydrogen-bond donors (Lipinski definition) is 1. The second-order valence-corrected chi connectivity index (χ2v) is 8.02. The van der Waals surface area contributed by atoms with E-state index in [-0.39, 0.29) is 11.6 Å². The molecule has 1 aliphatic rings. The molecule has 0 aliphatic carbocycles. The predicted molar refractivity (Wildman–Crippen MR) is 104 cm³/mol. The minimum absolute atomic E-state index is 0.282. The number of amides is 1. The van der Waals surface area contributed by atoms with Gasteiger partial charge in [0.1, 0.15) is 5.69 Å². The molecule has 0 radical (unpaired) electrons. The van der Waals surface area contributed by atoms with Crippen LogP contribution in [0.3, 0.4) is 0 Å². The molecule has 2 aromatic heterocycles. The number of thiazole rings is 1. The lowest BCUT2D eigenvalue weighted by Crippen LogP contribution is -2.29. The minimum atomic E-state index is -0.282. The Morgan fingerprint density at radius 3 is 2.88 bits per heavy atom. The van der Waals surface area contributed by atoms with Crippen LogP contribution in [0.5, 0.6) is 0 Å². The second kappa shape index (κ2) is 7.61. The summed E-state index contributed by atoms with van der Waals surface area (Å²) in [4.78, 5) is 28.3. The van der Waals surface area contributed by atoms with Crippen molar-refractivity contribution in [3.8, 4) is 0 Å². The number of hydrogen-bond acceptors (Lipinski definition) is 6. The maximum atomic E-state index is 12.2. The average Bonchev–Trinajstić information content (AvgIpc) is 3.06. The number of aromatic nitrogens is 3. The van der Waals surface area contributed by atoms with Crippen molar-refractivity contribution in [2.45, 2.75) is 19.5 Å². The third-order valence-corrected chi connectivity index (χ3v) is 5.67. The van der Waals surface area contributed by atoms with E-state index in [0.717, 1.165) is 36.2 Å². The summed E-state index contributed by atoms with van der Waals surface area (Å²) in [6.45, 7) is 2.72. The van der Waals surface area contributed by atoms with Gasteiger partial charge < -0.3 is 0 Å². The lowest BCUT2D eigenvalue weighted by atomic mass is 10.1. The van der Waals surface area contributed by atoms with Gasteiger partial charge in [-0.2, -0.15) is 0 Å². The highest BCUT2D eigenvalue weighted by Gasteiger charge is 2.22. The van der Waals surface area contributed by atoms with Gasteiger partial charge in [-0.25, -0.2) is 9.97 Å². The summed E-state index contributed by atoms with van der Waals surface area (Å²) in [6, 6.07) is 8.41. The number of nitrogens with zero attached hydrogens (tertiary/aromatic N) is 4. The van der Waals surface area contributed by atoms with E-state index in [1.54, 1.807) is 6.20 Å². The molecule has 132 valence electrons. The summed E-state index contributed by atoms with van der Waals surface area (Å²) in [6.07, 6.45) is 5.38. The van der Waals surface area contributed by atoms with E-state index in [0.29, 0.717) is 5.13 Å². The topological polar surface area (TPSA) is 71.0 Å². The fourth-order valence-electron chi connectivity index (χ4n) is 2.86. The van der Waals surface area contributed by atoms with E-state index in [1.165, 1.54) is 34.2 Å². The van der Waals surface area contributed by atoms with Gasteiger partial charge in [0.05, 0.1) is 11.9 Å². The number of benzene rings is 1. The number of carbonyl (C=O) groups is 1. The molecule has 4 rings (SSSR count). The number of carbonyl (C=O) groups excluding carboxylic acids is 1. The van der Waals surface area contributed by atoms with Crippen LogP contribution in [-0.2, 0) is 19.5 Å². The fraction of sp³-hybridized carbons (Fsp3) is 0.222. The molecule has 0 unspecified atom stereocenters. The standard InChI is InChI=1S/C18H16BrN5OS/c19-13-3-1-12(2-4-13)10-24-8-5-14-16(11-24)26-18(22-14)23-17(25)15-9-20-6-7-21-15/h1-4,6-7,9H,5,8,10-11H2,(H,22,23,25). The van der Waals surface area contributed by atoms with Crippen molar-refractivity contribution in [3.05, 3.63) is 69.2 Å². The molecule has 0 saturated carbocycles. The molecule has 3 heterocycles. The van der Waals surface area contributed by atoms with E-state index in [4.69, 9.17) is 0 Å². The van der Waals surface area contributed by atoms with Gasteiger partial charge in [-0.05, 0) is 17.7 Å². The van der Waals surface area contributed by atoms with Crippen molar-refractivity contribution < 1.29 is 4.79 Å². The molecule has 26 heavy (non-hydrogen) atoms. The molecule has 0 fully saturated rings. The van der Waals surface area contributed by atoms with Gasteiger partial charge in [0.15, 0.2) is 5.13 Å². The SMILES string of the molecule is O=C(Nc1nc2c(s1)CN(Cc1ccc(Br)cc1)CC2)c1cnccn1. The van der Waals surface area contributed by atoms with Gasteiger partial charge >= 0.3 is 0 Å². The van der Waals surface area contributed by atoms with Crippen LogP contribution in [0.1, 0.15) is 26.6 Å². The number of fused-ring (bicyclic) bond motifs is 1. The average molecular weight is 430 g/mol. The first-order chi connectivity index (χ1) is 12.7. The number of halogens is 1. The summed E-state index contributed by atoms with van der Waals surface area (Å²) in [5.41, 5.74) is 2.66. The quantitative estimate of drug-likeness (QED) is 0.686. The Hall–Kier alpha value is -2.16. The molecule has 0 bridgehead atoms. The van der Waals surface area contributed by atoms with Gasteiger partial charge in [0.2, 0.25) is 0 Å². The molecule has 0 saturated heterocycles. The van der Waals surface area contributed by atoms with Crippen LogP contribution in [-0.4, -0.2) is 32.3 Å². The Bertz CT molecular complexity index is 913. The Morgan fingerprint density at radius 1 is 1.27 bits per heavy atom. The van der Waals surface area contributed by atoms with Crippen molar-refractivity contribution in [1.29, 1.82) is 0 Å². The molecule has 0 atom stereocenters. The van der Waals surface area contributed by atoms with Crippen LogP contribution >= 0.6 is 27.3 Å². The Balaban J connectivity index is 1.42. The van der Waals surface area contributed by atoms with Crippen molar-refractivity contribution in [3.63, 3.8) is 0 Å². The van der Waals surface area contributed by atoms with Gasteiger partial charge in [-0.3, -0.25) is 20.0 Å². The zero-order valence-electron chi connectivity index (χ0n) is 13.9. The third-order valence-electron chi connectivity index (χ3n) is 4.15. The first-order valence-electron chi connectivity index (χ1n) is 8.20. The van der Waals surface area contributed by atoms with Crippen LogP contribution < -0.4 is 5.32 Å². The fourth-order valence-corrected chi connectivity index (χ4v) is 4.17. The van der Waals surface area contributed by atoms with Gasteiger partial charge in [-0.1, -0.05) is 28.1 Å². The van der Waals surface area contributed by atoms with E-state index in [1.807, 2.05) is 0 Å². The molecule has 1 amide bonds. The molecular weight excluding hydrogens is 414 g/mol. The van der Waals surface area contributed by atoms with E-state index in [9.17, 15) is 4.79 Å². The van der Waals surface area contributed by atoms with E-state index < -0.39 is 0 Å². The van der Waals surface area contributed by atoms with Crippen LogP contribution in [0.25, 0.3) is 0 Å². The Morgan fingerprint density at radius 2 is 2.12 bits per heavy atom. The molecule has 8 heteroatoms. The molecule has 1 N–H and O–H groups in total. The van der Waals surface area contributed by atoms with Crippen LogP contribution in [0.15, 0.2) is 47.3 Å². The first-order valence-corrected chi connectivity index (χ1v) is 9.81. The van der Waals surface area contributed by atoms with Gasteiger partial charge in [0.25, 0.3) is 5.91 Å². The van der Waals surface area contributed by atoms with Crippen LogP contribution in [0.2, 0.25) is 0 Å². The predicted octanol–water partition coefficient (Wildman–Crippen LogP) is 3.51. The molecule has 0 spiro atoms. The number of rotatable bonds is 4. The zero-order valence-corrected chi connectivity index (χ0v) is 16.3. The smallest absolute Gasteiger partial charge is 0.277 e. The maximum absolute atomic E-state index is 12.2. The molecule has 1 aliphatic heterocycles. The minimum Gasteiger partial charge on any atom is -0.296 e. The van der Waals surface area contributed by atoms with E-state index >= 15 is 0 Å².